The van der Waals surface area contributed by atoms with Crippen molar-refractivity contribution in [1.82, 2.24) is 20.3 Å². The topological polar surface area (TPSA) is 138 Å². The van der Waals surface area contributed by atoms with Gasteiger partial charge in [0.15, 0.2) is 5.69 Å². The Labute approximate surface area is 184 Å². The summed E-state index contributed by atoms with van der Waals surface area (Å²) in [5, 5.41) is 27.8. The fourth-order valence-electron chi connectivity index (χ4n) is 2.26. The van der Waals surface area contributed by atoms with Crippen LogP contribution in [0.1, 0.15) is 31.5 Å². The van der Waals surface area contributed by atoms with Crippen LogP contribution in [0, 0.1) is 11.3 Å². The minimum atomic E-state index is -1.17. The van der Waals surface area contributed by atoms with Crippen molar-refractivity contribution in [3.05, 3.63) is 26.8 Å². The first-order valence-corrected chi connectivity index (χ1v) is 11.3. The van der Waals surface area contributed by atoms with Gasteiger partial charge in [0.2, 0.25) is 0 Å². The van der Waals surface area contributed by atoms with Crippen LogP contribution in [-0.4, -0.2) is 43.8 Å². The van der Waals surface area contributed by atoms with E-state index in [-0.39, 0.29) is 6.42 Å². The van der Waals surface area contributed by atoms with Gasteiger partial charge in [0, 0.05) is 22.6 Å². The summed E-state index contributed by atoms with van der Waals surface area (Å²) in [5.41, 5.74) is 0.892. The normalized spacial score (nSPS) is 12.2. The number of carbonyl (C=O) groups excluding carboxylic acids is 1. The summed E-state index contributed by atoms with van der Waals surface area (Å²) in [6.07, 6.45) is -0.772. The highest BCUT2D eigenvalue weighted by Gasteiger charge is 2.25. The van der Waals surface area contributed by atoms with Crippen LogP contribution in [0.3, 0.4) is 0 Å². The number of rotatable bonds is 6. The first kappa shape index (κ1) is 21.8. The molecule has 3 rings (SSSR count). The lowest BCUT2D eigenvalue weighted by Crippen LogP contribution is -2.44. The third kappa shape index (κ3) is 5.59. The average Bonchev–Trinajstić information content (AvgIpc) is 3.38. The molecule has 0 spiro atoms. The third-order valence-electron chi connectivity index (χ3n) is 3.48. The molecule has 9 nitrogen and oxygen atoms in total. The monoisotopic (exact) mass is 463 g/mol. The molecule has 156 valence electrons. The lowest BCUT2D eigenvalue weighted by Gasteiger charge is -2.21. The molecule has 3 aromatic rings. The predicted molar refractivity (Wildman–Crippen MR) is 114 cm³/mol. The fraction of sp³-hybridized carbons (Fsp3) is 0.333. The second-order valence-electron chi connectivity index (χ2n) is 7.06. The standard InChI is InChI=1S/C18H17N5O4S3/c1-18(2,3)27-17(26)23-10(16(24)25)4-13-21-11(7-28-13)15-22-12(8-30-15)14-20-9(5-19)6-29-14/h6-8,10H,4H2,1-3H3,(H,23,26)(H,24,25). The number of carboxylic acid groups (broad SMARTS) is 1. The van der Waals surface area contributed by atoms with Gasteiger partial charge in [0.1, 0.15) is 39.1 Å². The molecule has 1 amide bonds. The van der Waals surface area contributed by atoms with Gasteiger partial charge < -0.3 is 15.2 Å². The summed E-state index contributed by atoms with van der Waals surface area (Å²) in [4.78, 5) is 36.6. The minimum Gasteiger partial charge on any atom is -0.480 e. The van der Waals surface area contributed by atoms with Gasteiger partial charge in [-0.3, -0.25) is 0 Å². The van der Waals surface area contributed by atoms with Crippen LogP contribution in [0.5, 0.6) is 0 Å². The van der Waals surface area contributed by atoms with Gasteiger partial charge in [-0.1, -0.05) is 0 Å². The highest BCUT2D eigenvalue weighted by atomic mass is 32.1. The number of aromatic nitrogens is 3. The SMILES string of the molecule is CC(C)(C)OC(=O)NC(Cc1nc(-c2nc(-c3nc(C#N)cs3)cs2)cs1)C(=O)O. The van der Waals surface area contributed by atoms with Crippen molar-refractivity contribution in [2.24, 2.45) is 0 Å². The highest BCUT2D eigenvalue weighted by molar-refractivity contribution is 7.16. The quantitative estimate of drug-likeness (QED) is 0.563. The molecule has 30 heavy (non-hydrogen) atoms. The van der Waals surface area contributed by atoms with E-state index in [2.05, 4.69) is 20.3 Å². The Morgan fingerprint density at radius 1 is 1.13 bits per heavy atom. The first-order chi connectivity index (χ1) is 14.1. The van der Waals surface area contributed by atoms with E-state index >= 15 is 0 Å². The molecular formula is C18H17N5O4S3. The van der Waals surface area contributed by atoms with Crippen molar-refractivity contribution in [3.63, 3.8) is 0 Å². The molecule has 0 aromatic carbocycles. The van der Waals surface area contributed by atoms with Crippen LogP contribution in [0.15, 0.2) is 16.1 Å². The maximum atomic E-state index is 11.9. The summed E-state index contributed by atoms with van der Waals surface area (Å²) in [7, 11) is 0. The zero-order chi connectivity index (χ0) is 21.9. The second kappa shape index (κ2) is 8.86. The molecule has 2 N–H and O–H groups in total. The second-order valence-corrected chi connectivity index (χ2v) is 9.71. The number of hydrogen-bond acceptors (Lipinski definition) is 10. The van der Waals surface area contributed by atoms with Gasteiger partial charge in [-0.15, -0.1) is 34.0 Å². The van der Waals surface area contributed by atoms with E-state index in [9.17, 15) is 14.7 Å². The van der Waals surface area contributed by atoms with E-state index in [0.29, 0.717) is 32.1 Å². The van der Waals surface area contributed by atoms with Gasteiger partial charge in [-0.05, 0) is 20.8 Å². The number of amides is 1. The van der Waals surface area contributed by atoms with Crippen molar-refractivity contribution in [2.45, 2.75) is 38.8 Å². The van der Waals surface area contributed by atoms with Crippen LogP contribution >= 0.6 is 34.0 Å². The number of hydrogen-bond donors (Lipinski definition) is 2. The van der Waals surface area contributed by atoms with E-state index in [1.165, 1.54) is 34.0 Å². The lowest BCUT2D eigenvalue weighted by atomic mass is 10.2. The Morgan fingerprint density at radius 2 is 1.77 bits per heavy atom. The third-order valence-corrected chi connectivity index (χ3v) is 6.08. The molecule has 0 bridgehead atoms. The van der Waals surface area contributed by atoms with Crippen LogP contribution < -0.4 is 5.32 Å². The van der Waals surface area contributed by atoms with Crippen LogP contribution in [0.4, 0.5) is 4.79 Å². The molecular weight excluding hydrogens is 446 g/mol. The van der Waals surface area contributed by atoms with Gasteiger partial charge in [0.05, 0.1) is 5.01 Å². The molecule has 12 heteroatoms. The molecule has 0 aliphatic carbocycles. The first-order valence-electron chi connectivity index (χ1n) is 8.63. The Balaban J connectivity index is 1.70. The Morgan fingerprint density at radius 3 is 2.40 bits per heavy atom. The zero-order valence-corrected chi connectivity index (χ0v) is 18.7. The number of nitriles is 1. The van der Waals surface area contributed by atoms with Crippen molar-refractivity contribution in [3.8, 4) is 27.5 Å². The number of carboxylic acids is 1. The highest BCUT2D eigenvalue weighted by Crippen LogP contribution is 2.31. The molecule has 1 atom stereocenters. The number of ether oxygens (including phenoxy) is 1. The number of thiazole rings is 3. The molecule has 0 fully saturated rings. The maximum absolute atomic E-state index is 11.9. The Kier molecular flexibility index (Phi) is 6.45. The van der Waals surface area contributed by atoms with E-state index in [1.54, 1.807) is 31.5 Å². The van der Waals surface area contributed by atoms with E-state index in [0.717, 1.165) is 0 Å². The molecule has 3 aromatic heterocycles. The smallest absolute Gasteiger partial charge is 0.408 e. The predicted octanol–water partition coefficient (Wildman–Crippen LogP) is 3.78. The van der Waals surface area contributed by atoms with Gasteiger partial charge in [-0.2, -0.15) is 5.26 Å². The molecule has 1 unspecified atom stereocenters. The largest absolute Gasteiger partial charge is 0.480 e. The zero-order valence-electron chi connectivity index (χ0n) is 16.2. The average molecular weight is 464 g/mol. The molecule has 0 saturated carbocycles. The maximum Gasteiger partial charge on any atom is 0.408 e. The number of nitrogens with one attached hydrogen (secondary N) is 1. The number of carbonyl (C=O) groups is 2. The Hall–Kier alpha value is -2.88. The lowest BCUT2D eigenvalue weighted by molar-refractivity contribution is -0.139. The fourth-order valence-corrected chi connectivity index (χ4v) is 4.70. The van der Waals surface area contributed by atoms with Crippen LogP contribution in [0.25, 0.3) is 21.4 Å². The molecule has 3 heterocycles. The minimum absolute atomic E-state index is 0.0233. The number of alkyl carbamates (subject to hydrolysis) is 1. The summed E-state index contributed by atoms with van der Waals surface area (Å²) in [6, 6.07) is 0.828. The summed E-state index contributed by atoms with van der Waals surface area (Å²) in [6.45, 7) is 5.10. The van der Waals surface area contributed by atoms with E-state index in [4.69, 9.17) is 10.00 Å². The summed E-state index contributed by atoms with van der Waals surface area (Å²) in [5.74, 6) is -1.17. The van der Waals surface area contributed by atoms with E-state index in [1.807, 2.05) is 11.4 Å². The number of aliphatic carboxylic acids is 1. The van der Waals surface area contributed by atoms with Gasteiger partial charge >= 0.3 is 12.1 Å². The summed E-state index contributed by atoms with van der Waals surface area (Å²) >= 11 is 4.01. The van der Waals surface area contributed by atoms with Crippen molar-refractivity contribution >= 4 is 46.1 Å². The number of nitrogens with zero attached hydrogens (tertiary/aromatic N) is 4. The van der Waals surface area contributed by atoms with Crippen molar-refractivity contribution < 1.29 is 19.4 Å². The van der Waals surface area contributed by atoms with E-state index < -0.39 is 23.7 Å². The molecule has 0 aliphatic heterocycles. The van der Waals surface area contributed by atoms with Crippen molar-refractivity contribution in [2.75, 3.05) is 0 Å². The molecule has 0 aliphatic rings. The molecule has 0 radical (unpaired) electrons. The van der Waals surface area contributed by atoms with Crippen molar-refractivity contribution in [1.29, 1.82) is 5.26 Å². The van der Waals surface area contributed by atoms with Crippen LogP contribution in [-0.2, 0) is 16.0 Å². The van der Waals surface area contributed by atoms with Gasteiger partial charge in [0.25, 0.3) is 0 Å². The Bertz CT molecular complexity index is 1110. The summed E-state index contributed by atoms with van der Waals surface area (Å²) < 4.78 is 5.12. The molecule has 0 saturated heterocycles. The van der Waals surface area contributed by atoms with Gasteiger partial charge in [-0.25, -0.2) is 24.5 Å². The van der Waals surface area contributed by atoms with Crippen LogP contribution in [0.2, 0.25) is 0 Å².